The molecule has 1 amide bonds. The van der Waals surface area contributed by atoms with Crippen LogP contribution in [0.3, 0.4) is 0 Å². The van der Waals surface area contributed by atoms with E-state index in [1.165, 1.54) is 34.3 Å². The molecule has 184 valence electrons. The number of rotatable bonds is 7. The topological polar surface area (TPSA) is 97.9 Å². The molecule has 0 aliphatic heterocycles. The lowest BCUT2D eigenvalue weighted by atomic mass is 9.93. The fourth-order valence-corrected chi connectivity index (χ4v) is 3.65. The fourth-order valence-electron chi connectivity index (χ4n) is 3.65. The lowest BCUT2D eigenvalue weighted by molar-refractivity contribution is -0.00847. The number of hydrogen-bond donors (Lipinski definition) is 2. The molecule has 0 saturated carbocycles. The van der Waals surface area contributed by atoms with Gasteiger partial charge in [-0.25, -0.2) is 18.4 Å². The highest BCUT2D eigenvalue weighted by molar-refractivity contribution is 5.94. The largest absolute Gasteiger partial charge is 0.381 e. The summed E-state index contributed by atoms with van der Waals surface area (Å²) in [4.78, 5) is 15.9. The molecule has 4 rings (SSSR count). The van der Waals surface area contributed by atoms with E-state index in [4.69, 9.17) is 0 Å². The van der Waals surface area contributed by atoms with Crippen LogP contribution in [0.2, 0.25) is 0 Å². The van der Waals surface area contributed by atoms with Crippen molar-refractivity contribution in [1.29, 1.82) is 0 Å². The number of amides is 1. The molecule has 0 bridgehead atoms. The van der Waals surface area contributed by atoms with E-state index in [1.807, 2.05) is 13.8 Å². The number of nitrogens with one attached hydrogen (secondary N) is 1. The summed E-state index contributed by atoms with van der Waals surface area (Å²) in [5.74, 6) is 4.22. The van der Waals surface area contributed by atoms with E-state index in [2.05, 4.69) is 32.3 Å². The van der Waals surface area contributed by atoms with Gasteiger partial charge in [-0.1, -0.05) is 17.9 Å². The first kappa shape index (κ1) is 24.8. The van der Waals surface area contributed by atoms with E-state index < -0.39 is 17.2 Å². The Morgan fingerprint density at radius 3 is 2.44 bits per heavy atom. The van der Waals surface area contributed by atoms with Crippen LogP contribution in [0.4, 0.5) is 8.78 Å². The smallest absolute Gasteiger partial charge is 0.251 e. The van der Waals surface area contributed by atoms with Crippen LogP contribution in [0.25, 0.3) is 0 Å². The molecular weight excluding hydrogens is 466 g/mol. The van der Waals surface area contributed by atoms with Crippen molar-refractivity contribution in [2.75, 3.05) is 0 Å². The van der Waals surface area contributed by atoms with Crippen LogP contribution in [0, 0.1) is 23.5 Å². The molecule has 2 N–H and O–H groups in total. The normalized spacial score (nSPS) is 12.6. The lowest BCUT2D eigenvalue weighted by Gasteiger charge is -2.28. The summed E-state index contributed by atoms with van der Waals surface area (Å²) >= 11 is 0. The maximum atomic E-state index is 14.6. The molecule has 0 radical (unpaired) electrons. The van der Waals surface area contributed by atoms with E-state index in [0.717, 1.165) is 12.1 Å². The standard InChI is InChI=1S/C26H24F2N6O2/c1-18(2)32-25(35)21-7-5-19(6-8-21)3-4-20-12-30-33(13-20)14-26(36,15-34-17-29-16-31-34)23-10-9-22(27)11-24(23)28/h5-13,16-18,36H,14-15H2,1-2H3,(H,32,35). The third kappa shape index (κ3) is 6.00. The minimum absolute atomic E-state index is 0.0434. The van der Waals surface area contributed by atoms with Crippen LogP contribution in [0.15, 0.2) is 67.5 Å². The van der Waals surface area contributed by atoms with E-state index in [0.29, 0.717) is 16.7 Å². The monoisotopic (exact) mass is 490 g/mol. The van der Waals surface area contributed by atoms with Gasteiger partial charge in [0.15, 0.2) is 0 Å². The van der Waals surface area contributed by atoms with Gasteiger partial charge in [0.1, 0.15) is 29.9 Å². The number of hydrogen-bond acceptors (Lipinski definition) is 5. The number of benzene rings is 2. The maximum Gasteiger partial charge on any atom is 0.251 e. The van der Waals surface area contributed by atoms with Gasteiger partial charge in [0.2, 0.25) is 0 Å². The molecule has 0 saturated heterocycles. The Hall–Kier alpha value is -4.36. The zero-order valence-electron chi connectivity index (χ0n) is 19.7. The van der Waals surface area contributed by atoms with E-state index in [9.17, 15) is 18.7 Å². The van der Waals surface area contributed by atoms with Gasteiger partial charge >= 0.3 is 0 Å². The molecule has 0 spiro atoms. The van der Waals surface area contributed by atoms with Crippen molar-refractivity contribution in [3.8, 4) is 11.8 Å². The van der Waals surface area contributed by atoms with Gasteiger partial charge < -0.3 is 10.4 Å². The minimum atomic E-state index is -1.80. The SMILES string of the molecule is CC(C)NC(=O)c1ccc(C#Cc2cnn(CC(O)(Cn3cncn3)c3ccc(F)cc3F)c2)cc1. The Kier molecular flexibility index (Phi) is 7.22. The Morgan fingerprint density at radius 2 is 1.78 bits per heavy atom. The molecule has 8 nitrogen and oxygen atoms in total. The summed E-state index contributed by atoms with van der Waals surface area (Å²) in [6.45, 7) is 3.51. The van der Waals surface area contributed by atoms with Gasteiger partial charge in [-0.15, -0.1) is 0 Å². The van der Waals surface area contributed by atoms with Crippen molar-refractivity contribution in [1.82, 2.24) is 29.9 Å². The number of carbonyl (C=O) groups excluding carboxylic acids is 1. The molecule has 2 aromatic heterocycles. The van der Waals surface area contributed by atoms with Gasteiger partial charge in [-0.3, -0.25) is 9.48 Å². The van der Waals surface area contributed by atoms with Gasteiger partial charge in [0.25, 0.3) is 5.91 Å². The zero-order valence-corrected chi connectivity index (χ0v) is 19.7. The van der Waals surface area contributed by atoms with Crippen molar-refractivity contribution in [2.24, 2.45) is 0 Å². The Labute approximate surface area is 206 Å². The van der Waals surface area contributed by atoms with Gasteiger partial charge in [-0.05, 0) is 44.2 Å². The van der Waals surface area contributed by atoms with Crippen LogP contribution >= 0.6 is 0 Å². The highest BCUT2D eigenvalue weighted by Gasteiger charge is 2.34. The minimum Gasteiger partial charge on any atom is -0.381 e. The lowest BCUT2D eigenvalue weighted by Crippen LogP contribution is -2.37. The van der Waals surface area contributed by atoms with Crippen LogP contribution in [-0.4, -0.2) is 41.6 Å². The number of carbonyl (C=O) groups is 1. The van der Waals surface area contributed by atoms with Gasteiger partial charge in [0.05, 0.1) is 24.8 Å². The summed E-state index contributed by atoms with van der Waals surface area (Å²) in [5, 5.41) is 22.5. The van der Waals surface area contributed by atoms with Gasteiger partial charge in [0, 0.05) is 35.0 Å². The molecule has 0 aliphatic rings. The van der Waals surface area contributed by atoms with Crippen LogP contribution in [-0.2, 0) is 18.7 Å². The van der Waals surface area contributed by atoms with Crippen LogP contribution < -0.4 is 5.32 Å². The molecule has 4 aromatic rings. The fraction of sp³-hybridized carbons (Fsp3) is 0.231. The first-order valence-corrected chi connectivity index (χ1v) is 11.2. The predicted molar refractivity (Wildman–Crippen MR) is 128 cm³/mol. The van der Waals surface area contributed by atoms with Crippen molar-refractivity contribution in [3.05, 3.63) is 101 Å². The first-order chi connectivity index (χ1) is 17.2. The summed E-state index contributed by atoms with van der Waals surface area (Å²) in [5.41, 5.74) is -0.0701. The van der Waals surface area contributed by atoms with E-state index in [-0.39, 0.29) is 30.6 Å². The second kappa shape index (κ2) is 10.5. The summed E-state index contributed by atoms with van der Waals surface area (Å²) < 4.78 is 30.9. The van der Waals surface area contributed by atoms with Crippen LogP contribution in [0.5, 0.6) is 0 Å². The van der Waals surface area contributed by atoms with E-state index in [1.54, 1.807) is 30.5 Å². The molecule has 2 aromatic carbocycles. The molecular formula is C26H24F2N6O2. The Morgan fingerprint density at radius 1 is 1.06 bits per heavy atom. The second-order valence-electron chi connectivity index (χ2n) is 8.63. The Balaban J connectivity index is 1.53. The quantitative estimate of drug-likeness (QED) is 0.389. The highest BCUT2D eigenvalue weighted by atomic mass is 19.1. The van der Waals surface area contributed by atoms with Crippen molar-refractivity contribution in [3.63, 3.8) is 0 Å². The predicted octanol–water partition coefficient (Wildman–Crippen LogP) is 2.88. The van der Waals surface area contributed by atoms with Crippen LogP contribution in [0.1, 0.15) is 40.9 Å². The molecule has 0 aliphatic carbocycles. The maximum absolute atomic E-state index is 14.6. The summed E-state index contributed by atoms with van der Waals surface area (Å²) in [7, 11) is 0. The van der Waals surface area contributed by atoms with Crippen molar-refractivity contribution in [2.45, 2.75) is 38.6 Å². The van der Waals surface area contributed by atoms with Crippen molar-refractivity contribution < 1.29 is 18.7 Å². The number of aliphatic hydroxyl groups is 1. The molecule has 36 heavy (non-hydrogen) atoms. The molecule has 2 heterocycles. The number of aromatic nitrogens is 5. The average Bonchev–Trinajstić information content (AvgIpc) is 3.49. The first-order valence-electron chi connectivity index (χ1n) is 11.2. The summed E-state index contributed by atoms with van der Waals surface area (Å²) in [6, 6.07) is 9.96. The number of nitrogens with zero attached hydrogens (tertiary/aromatic N) is 5. The Bertz CT molecular complexity index is 1400. The van der Waals surface area contributed by atoms with Gasteiger partial charge in [-0.2, -0.15) is 10.2 Å². The number of halogens is 2. The third-order valence-corrected chi connectivity index (χ3v) is 5.30. The molecule has 0 fully saturated rings. The second-order valence-corrected chi connectivity index (χ2v) is 8.63. The highest BCUT2D eigenvalue weighted by Crippen LogP contribution is 2.28. The molecule has 1 unspecified atom stereocenters. The summed E-state index contributed by atoms with van der Waals surface area (Å²) in [6.07, 6.45) is 5.83. The van der Waals surface area contributed by atoms with Crippen molar-refractivity contribution >= 4 is 5.91 Å². The zero-order chi connectivity index (χ0) is 25.7. The van der Waals surface area contributed by atoms with E-state index >= 15 is 0 Å². The molecule has 1 atom stereocenters. The molecule has 10 heteroatoms. The third-order valence-electron chi connectivity index (χ3n) is 5.30. The average molecular weight is 491 g/mol.